The fraction of sp³-hybridized carbons (Fsp3) is 0.500. The predicted octanol–water partition coefficient (Wildman–Crippen LogP) is 2.95. The summed E-state index contributed by atoms with van der Waals surface area (Å²) in [4.78, 5) is 0. The summed E-state index contributed by atoms with van der Waals surface area (Å²) in [5.74, 6) is 0. The molecule has 0 fully saturated rings. The van der Waals surface area contributed by atoms with Crippen LogP contribution in [0.25, 0.3) is 0 Å². The molecule has 0 saturated heterocycles. The van der Waals surface area contributed by atoms with Gasteiger partial charge in [-0.1, -0.05) is 17.7 Å². The van der Waals surface area contributed by atoms with Crippen molar-refractivity contribution in [3.63, 3.8) is 0 Å². The van der Waals surface area contributed by atoms with E-state index in [4.69, 9.17) is 16.3 Å². The molecule has 1 rings (SSSR count). The van der Waals surface area contributed by atoms with Gasteiger partial charge in [-0.2, -0.15) is 0 Å². The van der Waals surface area contributed by atoms with E-state index in [1.807, 2.05) is 33.0 Å². The van der Waals surface area contributed by atoms with Crippen molar-refractivity contribution >= 4 is 11.6 Å². The number of benzene rings is 1. The summed E-state index contributed by atoms with van der Waals surface area (Å²) in [7, 11) is 1.93. The Hall–Kier alpha value is -0.570. The molecular formula is C12H18ClNO. The van der Waals surface area contributed by atoms with E-state index in [0.29, 0.717) is 6.61 Å². The molecule has 3 heteroatoms. The third kappa shape index (κ3) is 3.82. The van der Waals surface area contributed by atoms with Crippen LogP contribution >= 0.6 is 11.6 Å². The highest BCUT2D eigenvalue weighted by Gasteiger charge is 2.09. The summed E-state index contributed by atoms with van der Waals surface area (Å²) in [6, 6.07) is 6.28. The molecule has 1 N–H and O–H groups in total. The zero-order valence-corrected chi connectivity index (χ0v) is 10.3. The Labute approximate surface area is 96.6 Å². The number of halogens is 1. The molecule has 0 bridgehead atoms. The molecule has 0 amide bonds. The predicted molar refractivity (Wildman–Crippen MR) is 64.5 cm³/mol. The Morgan fingerprint density at radius 1 is 1.40 bits per heavy atom. The summed E-state index contributed by atoms with van der Waals surface area (Å²) in [6.45, 7) is 5.45. The standard InChI is InChI=1S/C12H18ClNO/c1-4-15-8-12(14-3)10-5-9(2)6-11(13)7-10/h5-7,12,14H,4,8H2,1-3H3. The highest BCUT2D eigenvalue weighted by molar-refractivity contribution is 6.30. The van der Waals surface area contributed by atoms with E-state index < -0.39 is 0 Å². The first-order chi connectivity index (χ1) is 7.17. The van der Waals surface area contributed by atoms with Crippen molar-refractivity contribution < 1.29 is 4.74 Å². The van der Waals surface area contributed by atoms with E-state index in [0.717, 1.165) is 11.6 Å². The molecule has 0 radical (unpaired) electrons. The van der Waals surface area contributed by atoms with Gasteiger partial charge in [0.2, 0.25) is 0 Å². The quantitative estimate of drug-likeness (QED) is 0.835. The Bertz CT molecular complexity index is 294. The molecule has 1 aromatic rings. The number of hydrogen-bond acceptors (Lipinski definition) is 2. The van der Waals surface area contributed by atoms with E-state index in [-0.39, 0.29) is 6.04 Å². The van der Waals surface area contributed by atoms with E-state index in [1.165, 1.54) is 11.1 Å². The Kier molecular flexibility index (Phi) is 5.09. The molecule has 0 aliphatic carbocycles. The van der Waals surface area contributed by atoms with Crippen molar-refractivity contribution in [3.05, 3.63) is 34.3 Å². The first kappa shape index (κ1) is 12.5. The topological polar surface area (TPSA) is 21.3 Å². The second-order valence-electron chi connectivity index (χ2n) is 3.56. The minimum atomic E-state index is 0.211. The van der Waals surface area contributed by atoms with E-state index >= 15 is 0 Å². The maximum Gasteiger partial charge on any atom is 0.0661 e. The monoisotopic (exact) mass is 227 g/mol. The second kappa shape index (κ2) is 6.11. The van der Waals surface area contributed by atoms with Gasteiger partial charge in [0.05, 0.1) is 12.6 Å². The van der Waals surface area contributed by atoms with Gasteiger partial charge in [0.1, 0.15) is 0 Å². The summed E-state index contributed by atoms with van der Waals surface area (Å²) < 4.78 is 5.42. The summed E-state index contributed by atoms with van der Waals surface area (Å²) in [5, 5.41) is 4.00. The molecule has 1 unspecified atom stereocenters. The van der Waals surface area contributed by atoms with Crippen molar-refractivity contribution in [1.29, 1.82) is 0 Å². The van der Waals surface area contributed by atoms with Crippen LogP contribution < -0.4 is 5.32 Å². The lowest BCUT2D eigenvalue weighted by Gasteiger charge is -2.17. The zero-order chi connectivity index (χ0) is 11.3. The maximum atomic E-state index is 6.02. The van der Waals surface area contributed by atoms with Crippen LogP contribution in [0.5, 0.6) is 0 Å². The number of aryl methyl sites for hydroxylation is 1. The van der Waals surface area contributed by atoms with Crippen molar-refractivity contribution in [2.24, 2.45) is 0 Å². The first-order valence-electron chi connectivity index (χ1n) is 5.19. The first-order valence-corrected chi connectivity index (χ1v) is 5.57. The molecule has 0 aliphatic rings. The Balaban J connectivity index is 2.81. The highest BCUT2D eigenvalue weighted by atomic mass is 35.5. The highest BCUT2D eigenvalue weighted by Crippen LogP contribution is 2.20. The normalized spacial score (nSPS) is 12.8. The van der Waals surface area contributed by atoms with Gasteiger partial charge < -0.3 is 10.1 Å². The van der Waals surface area contributed by atoms with Gasteiger partial charge in [0, 0.05) is 11.6 Å². The lowest BCUT2D eigenvalue weighted by atomic mass is 10.1. The van der Waals surface area contributed by atoms with E-state index in [1.54, 1.807) is 0 Å². The van der Waals surface area contributed by atoms with Crippen LogP contribution in [-0.4, -0.2) is 20.3 Å². The van der Waals surface area contributed by atoms with Crippen LogP contribution in [0.2, 0.25) is 5.02 Å². The van der Waals surface area contributed by atoms with Crippen LogP contribution in [-0.2, 0) is 4.74 Å². The number of nitrogens with one attached hydrogen (secondary N) is 1. The van der Waals surface area contributed by atoms with Crippen molar-refractivity contribution in [3.8, 4) is 0 Å². The van der Waals surface area contributed by atoms with Crippen molar-refractivity contribution in [2.75, 3.05) is 20.3 Å². The smallest absolute Gasteiger partial charge is 0.0661 e. The van der Waals surface area contributed by atoms with Crippen LogP contribution in [0.3, 0.4) is 0 Å². The Morgan fingerprint density at radius 2 is 2.13 bits per heavy atom. The average Bonchev–Trinajstić information content (AvgIpc) is 2.17. The lowest BCUT2D eigenvalue weighted by Crippen LogP contribution is -2.21. The van der Waals surface area contributed by atoms with Crippen LogP contribution in [0, 0.1) is 6.92 Å². The van der Waals surface area contributed by atoms with Crippen molar-refractivity contribution in [1.82, 2.24) is 5.32 Å². The largest absolute Gasteiger partial charge is 0.380 e. The number of ether oxygens (including phenoxy) is 1. The summed E-state index contributed by atoms with van der Waals surface area (Å²) >= 11 is 6.02. The van der Waals surface area contributed by atoms with Crippen LogP contribution in [0.15, 0.2) is 18.2 Å². The molecule has 1 atom stereocenters. The third-order valence-corrected chi connectivity index (χ3v) is 2.52. The average molecular weight is 228 g/mol. The van der Waals surface area contributed by atoms with E-state index in [9.17, 15) is 0 Å². The molecule has 0 spiro atoms. The minimum Gasteiger partial charge on any atom is -0.380 e. The maximum absolute atomic E-state index is 6.02. The van der Waals surface area contributed by atoms with Crippen molar-refractivity contribution in [2.45, 2.75) is 19.9 Å². The van der Waals surface area contributed by atoms with Gasteiger partial charge in [0.25, 0.3) is 0 Å². The number of rotatable bonds is 5. The van der Waals surface area contributed by atoms with E-state index in [2.05, 4.69) is 11.4 Å². The molecule has 15 heavy (non-hydrogen) atoms. The SMILES string of the molecule is CCOCC(NC)c1cc(C)cc(Cl)c1. The van der Waals surface area contributed by atoms with Gasteiger partial charge in [-0.25, -0.2) is 0 Å². The van der Waals surface area contributed by atoms with Gasteiger partial charge in [-0.3, -0.25) is 0 Å². The van der Waals surface area contributed by atoms with Crippen LogP contribution in [0.1, 0.15) is 24.1 Å². The molecular weight excluding hydrogens is 210 g/mol. The van der Waals surface area contributed by atoms with Gasteiger partial charge in [0.15, 0.2) is 0 Å². The Morgan fingerprint density at radius 3 is 2.67 bits per heavy atom. The molecule has 0 aromatic heterocycles. The molecule has 1 aromatic carbocycles. The second-order valence-corrected chi connectivity index (χ2v) is 4.00. The molecule has 0 heterocycles. The van der Waals surface area contributed by atoms with Gasteiger partial charge in [-0.05, 0) is 44.2 Å². The van der Waals surface area contributed by atoms with Crippen LogP contribution in [0.4, 0.5) is 0 Å². The van der Waals surface area contributed by atoms with Gasteiger partial charge >= 0.3 is 0 Å². The van der Waals surface area contributed by atoms with Gasteiger partial charge in [-0.15, -0.1) is 0 Å². The molecule has 0 aliphatic heterocycles. The fourth-order valence-corrected chi connectivity index (χ4v) is 1.85. The summed E-state index contributed by atoms with van der Waals surface area (Å²) in [6.07, 6.45) is 0. The fourth-order valence-electron chi connectivity index (χ4n) is 1.55. The lowest BCUT2D eigenvalue weighted by molar-refractivity contribution is 0.125. The minimum absolute atomic E-state index is 0.211. The third-order valence-electron chi connectivity index (χ3n) is 2.30. The zero-order valence-electron chi connectivity index (χ0n) is 9.51. The summed E-state index contributed by atoms with van der Waals surface area (Å²) in [5.41, 5.74) is 2.35. The number of hydrogen-bond donors (Lipinski definition) is 1. The molecule has 2 nitrogen and oxygen atoms in total. The number of likely N-dealkylation sites (N-methyl/N-ethyl adjacent to an activating group) is 1. The molecule has 0 saturated carbocycles. The molecule has 84 valence electrons.